The largest absolute Gasteiger partial charge is 0.480 e. The molecule has 0 spiro atoms. The Morgan fingerprint density at radius 3 is 2.90 bits per heavy atom. The third-order valence-electron chi connectivity index (χ3n) is 3.31. The number of nitrogens with one attached hydrogen (secondary N) is 2. The minimum atomic E-state index is -1.02. The van der Waals surface area contributed by atoms with Gasteiger partial charge in [-0.15, -0.1) is 0 Å². The van der Waals surface area contributed by atoms with Gasteiger partial charge in [-0.1, -0.05) is 11.6 Å². The number of carbonyl (C=O) groups is 2. The molecule has 1 rings (SSSR count). The van der Waals surface area contributed by atoms with Crippen molar-refractivity contribution in [3.05, 3.63) is 11.6 Å². The van der Waals surface area contributed by atoms with Crippen molar-refractivity contribution in [2.24, 2.45) is 0 Å². The zero-order valence-corrected chi connectivity index (χ0v) is 12.0. The number of aliphatic carboxylic acids is 1. The van der Waals surface area contributed by atoms with Gasteiger partial charge >= 0.3 is 12.0 Å². The normalized spacial score (nSPS) is 15.6. The number of ether oxygens (including phenoxy) is 1. The molecule has 2 amide bonds. The molecule has 20 heavy (non-hydrogen) atoms. The monoisotopic (exact) mass is 284 g/mol. The average molecular weight is 284 g/mol. The van der Waals surface area contributed by atoms with Crippen LogP contribution in [0, 0.1) is 0 Å². The van der Waals surface area contributed by atoms with E-state index in [2.05, 4.69) is 16.7 Å². The van der Waals surface area contributed by atoms with Gasteiger partial charge in [-0.2, -0.15) is 0 Å². The molecule has 6 heteroatoms. The maximum atomic E-state index is 11.6. The van der Waals surface area contributed by atoms with Crippen LogP contribution in [0.4, 0.5) is 4.79 Å². The van der Waals surface area contributed by atoms with Crippen LogP contribution >= 0.6 is 0 Å². The number of methoxy groups -OCH3 is 1. The highest BCUT2D eigenvalue weighted by molar-refractivity contribution is 5.82. The van der Waals surface area contributed by atoms with Crippen molar-refractivity contribution in [1.29, 1.82) is 0 Å². The van der Waals surface area contributed by atoms with Crippen LogP contribution in [0.1, 0.15) is 38.5 Å². The summed E-state index contributed by atoms with van der Waals surface area (Å²) in [6.07, 6.45) is 7.45. The molecule has 0 aliphatic heterocycles. The van der Waals surface area contributed by atoms with E-state index in [0.29, 0.717) is 26.0 Å². The van der Waals surface area contributed by atoms with E-state index in [4.69, 9.17) is 9.84 Å². The number of carboxylic acids is 1. The number of allylic oxidation sites excluding steroid dienone is 1. The molecule has 0 saturated heterocycles. The van der Waals surface area contributed by atoms with Crippen LogP contribution in [0.5, 0.6) is 0 Å². The zero-order valence-electron chi connectivity index (χ0n) is 12.0. The molecule has 0 radical (unpaired) electrons. The summed E-state index contributed by atoms with van der Waals surface area (Å²) in [5.74, 6) is -1.02. The number of carbonyl (C=O) groups excluding carboxylic acids is 1. The molecule has 0 heterocycles. The number of urea groups is 1. The van der Waals surface area contributed by atoms with Gasteiger partial charge < -0.3 is 20.5 Å². The van der Waals surface area contributed by atoms with E-state index in [9.17, 15) is 9.59 Å². The topological polar surface area (TPSA) is 87.7 Å². The second-order valence-electron chi connectivity index (χ2n) is 4.93. The van der Waals surface area contributed by atoms with Crippen LogP contribution < -0.4 is 10.6 Å². The lowest BCUT2D eigenvalue weighted by molar-refractivity contribution is -0.139. The quantitative estimate of drug-likeness (QED) is 0.444. The summed E-state index contributed by atoms with van der Waals surface area (Å²) in [6, 6.07) is -1.29. The third kappa shape index (κ3) is 6.56. The molecule has 1 unspecified atom stereocenters. The molecule has 1 aliphatic rings. The molecule has 0 aromatic heterocycles. The lowest BCUT2D eigenvalue weighted by atomic mass is 10.1. The number of amides is 2. The fourth-order valence-electron chi connectivity index (χ4n) is 2.20. The molecular weight excluding hydrogens is 260 g/mol. The third-order valence-corrected chi connectivity index (χ3v) is 3.31. The lowest BCUT2D eigenvalue weighted by Gasteiger charge is -2.15. The summed E-state index contributed by atoms with van der Waals surface area (Å²) < 4.78 is 4.87. The summed E-state index contributed by atoms with van der Waals surface area (Å²) in [4.78, 5) is 22.6. The second-order valence-corrected chi connectivity index (χ2v) is 4.93. The van der Waals surface area contributed by atoms with Crippen LogP contribution in [0.25, 0.3) is 0 Å². The van der Waals surface area contributed by atoms with Gasteiger partial charge in [0.1, 0.15) is 6.04 Å². The maximum Gasteiger partial charge on any atom is 0.326 e. The average Bonchev–Trinajstić information content (AvgIpc) is 2.91. The molecule has 1 atom stereocenters. The van der Waals surface area contributed by atoms with E-state index in [1.165, 1.54) is 12.0 Å². The van der Waals surface area contributed by atoms with E-state index in [0.717, 1.165) is 19.3 Å². The van der Waals surface area contributed by atoms with Gasteiger partial charge in [0, 0.05) is 20.3 Å². The molecule has 1 aliphatic carbocycles. The van der Waals surface area contributed by atoms with E-state index in [-0.39, 0.29) is 0 Å². The first-order valence-corrected chi connectivity index (χ1v) is 7.07. The van der Waals surface area contributed by atoms with Crippen LogP contribution in [0.15, 0.2) is 11.6 Å². The van der Waals surface area contributed by atoms with Crippen molar-refractivity contribution >= 4 is 12.0 Å². The van der Waals surface area contributed by atoms with Gasteiger partial charge in [-0.3, -0.25) is 0 Å². The summed E-state index contributed by atoms with van der Waals surface area (Å²) in [7, 11) is 1.56. The summed E-state index contributed by atoms with van der Waals surface area (Å²) in [6.45, 7) is 1.03. The molecule has 0 fully saturated rings. The Labute approximate surface area is 119 Å². The van der Waals surface area contributed by atoms with Gasteiger partial charge in [0.2, 0.25) is 0 Å². The number of hydrogen-bond acceptors (Lipinski definition) is 3. The van der Waals surface area contributed by atoms with Crippen molar-refractivity contribution in [2.45, 2.75) is 44.6 Å². The summed E-state index contributed by atoms with van der Waals surface area (Å²) in [5.41, 5.74) is 1.38. The smallest absolute Gasteiger partial charge is 0.326 e. The van der Waals surface area contributed by atoms with E-state index in [1.54, 1.807) is 7.11 Å². The summed E-state index contributed by atoms with van der Waals surface area (Å²) >= 11 is 0. The highest BCUT2D eigenvalue weighted by atomic mass is 16.5. The number of hydrogen-bond donors (Lipinski definition) is 3. The van der Waals surface area contributed by atoms with Gasteiger partial charge in [-0.05, 0) is 38.5 Å². The van der Waals surface area contributed by atoms with Crippen molar-refractivity contribution in [3.63, 3.8) is 0 Å². The van der Waals surface area contributed by atoms with Gasteiger partial charge in [0.15, 0.2) is 0 Å². The minimum absolute atomic E-state index is 0.363. The van der Waals surface area contributed by atoms with Crippen molar-refractivity contribution in [3.8, 4) is 0 Å². The predicted molar refractivity (Wildman–Crippen MR) is 75.6 cm³/mol. The fourth-order valence-corrected chi connectivity index (χ4v) is 2.20. The Kier molecular flexibility index (Phi) is 7.72. The zero-order chi connectivity index (χ0) is 14.8. The van der Waals surface area contributed by atoms with E-state index < -0.39 is 18.0 Å². The first kappa shape index (κ1) is 16.5. The molecule has 0 aromatic carbocycles. The Bertz CT molecular complexity index is 355. The Balaban J connectivity index is 2.21. The Morgan fingerprint density at radius 2 is 2.30 bits per heavy atom. The molecule has 0 saturated carbocycles. The molecular formula is C14H24N2O4. The lowest BCUT2D eigenvalue weighted by Crippen LogP contribution is -2.46. The standard InChI is InChI=1S/C14H24N2O4/c1-20-10-4-7-12(13(17)18)16-14(19)15-9-8-11-5-2-3-6-11/h5,12H,2-4,6-10H2,1H3,(H,17,18)(H2,15,16,19). The molecule has 114 valence electrons. The van der Waals surface area contributed by atoms with Crippen LogP contribution in [0.2, 0.25) is 0 Å². The van der Waals surface area contributed by atoms with Crippen LogP contribution in [-0.2, 0) is 9.53 Å². The van der Waals surface area contributed by atoms with Crippen LogP contribution in [-0.4, -0.2) is 43.4 Å². The molecule has 6 nitrogen and oxygen atoms in total. The van der Waals surface area contributed by atoms with Gasteiger partial charge in [0.05, 0.1) is 0 Å². The molecule has 0 aromatic rings. The van der Waals surface area contributed by atoms with E-state index in [1.807, 2.05) is 0 Å². The Hall–Kier alpha value is -1.56. The SMILES string of the molecule is COCCCC(NC(=O)NCCC1=CCCC1)C(=O)O. The maximum absolute atomic E-state index is 11.6. The first-order valence-electron chi connectivity index (χ1n) is 7.07. The molecule has 0 bridgehead atoms. The van der Waals surface area contributed by atoms with Crippen molar-refractivity contribution in [1.82, 2.24) is 10.6 Å². The van der Waals surface area contributed by atoms with Crippen molar-refractivity contribution in [2.75, 3.05) is 20.3 Å². The fraction of sp³-hybridized carbons (Fsp3) is 0.714. The first-order chi connectivity index (χ1) is 9.63. The second kappa shape index (κ2) is 9.36. The minimum Gasteiger partial charge on any atom is -0.480 e. The van der Waals surface area contributed by atoms with E-state index >= 15 is 0 Å². The highest BCUT2D eigenvalue weighted by Crippen LogP contribution is 2.19. The highest BCUT2D eigenvalue weighted by Gasteiger charge is 2.19. The van der Waals surface area contributed by atoms with Crippen LogP contribution in [0.3, 0.4) is 0 Å². The number of carboxylic acid groups (broad SMARTS) is 1. The predicted octanol–water partition coefficient (Wildman–Crippen LogP) is 1.67. The number of rotatable bonds is 9. The summed E-state index contributed by atoms with van der Waals surface area (Å²) in [5, 5.41) is 14.2. The molecule has 3 N–H and O–H groups in total. The van der Waals surface area contributed by atoms with Crippen molar-refractivity contribution < 1.29 is 19.4 Å². The Morgan fingerprint density at radius 1 is 1.50 bits per heavy atom. The van der Waals surface area contributed by atoms with Gasteiger partial charge in [-0.25, -0.2) is 9.59 Å². The van der Waals surface area contributed by atoms with Gasteiger partial charge in [0.25, 0.3) is 0 Å².